The summed E-state index contributed by atoms with van der Waals surface area (Å²) in [5, 5.41) is 0. The number of nitrogens with two attached hydrogens (primary N) is 1. The number of carbonyl (C=O) groups is 1. The lowest BCUT2D eigenvalue weighted by molar-refractivity contribution is 0.116. The van der Waals surface area contributed by atoms with Crippen LogP contribution in [-0.2, 0) is 4.74 Å². The van der Waals surface area contributed by atoms with E-state index >= 15 is 0 Å². The summed E-state index contributed by atoms with van der Waals surface area (Å²) in [5.41, 5.74) is 8.16. The highest BCUT2D eigenvalue weighted by Gasteiger charge is 2.14. The molecule has 0 aliphatic carbocycles. The van der Waals surface area contributed by atoms with Crippen LogP contribution in [-0.4, -0.2) is 6.09 Å². The third kappa shape index (κ3) is 2.96. The molecular formula is C11H14BrNO2. The van der Waals surface area contributed by atoms with Crippen LogP contribution in [0.25, 0.3) is 0 Å². The Balaban J connectivity index is 3.08. The van der Waals surface area contributed by atoms with Crippen molar-refractivity contribution in [3.05, 3.63) is 33.3 Å². The summed E-state index contributed by atoms with van der Waals surface area (Å²) >= 11 is 3.41. The molecule has 1 aromatic carbocycles. The first-order chi connectivity index (χ1) is 6.91. The van der Waals surface area contributed by atoms with Gasteiger partial charge >= 0.3 is 6.09 Å². The molecule has 1 amide bonds. The van der Waals surface area contributed by atoms with E-state index < -0.39 is 6.09 Å². The molecular weight excluding hydrogens is 258 g/mol. The first kappa shape index (κ1) is 12.0. The van der Waals surface area contributed by atoms with Gasteiger partial charge in [-0.2, -0.15) is 0 Å². The molecule has 0 fully saturated rings. The number of ether oxygens (including phenoxy) is 1. The third-order valence-corrected chi connectivity index (χ3v) is 2.72. The van der Waals surface area contributed by atoms with Crippen LogP contribution in [0.5, 0.6) is 0 Å². The number of amides is 1. The van der Waals surface area contributed by atoms with Crippen LogP contribution >= 0.6 is 15.9 Å². The highest BCUT2D eigenvalue weighted by Crippen LogP contribution is 2.27. The minimum absolute atomic E-state index is 0.310. The van der Waals surface area contributed by atoms with Crippen molar-refractivity contribution in [2.75, 3.05) is 0 Å². The van der Waals surface area contributed by atoms with Gasteiger partial charge in [-0.1, -0.05) is 15.9 Å². The Labute approximate surface area is 97.7 Å². The highest BCUT2D eigenvalue weighted by atomic mass is 79.9. The van der Waals surface area contributed by atoms with Crippen LogP contribution in [0.1, 0.15) is 29.7 Å². The number of hydrogen-bond acceptors (Lipinski definition) is 2. The topological polar surface area (TPSA) is 52.3 Å². The number of benzene rings is 1. The van der Waals surface area contributed by atoms with Gasteiger partial charge in [0.15, 0.2) is 0 Å². The SMILES string of the molecule is Cc1cc(Br)cc(C)c1C(C)OC(N)=O. The zero-order valence-electron chi connectivity index (χ0n) is 9.00. The smallest absolute Gasteiger partial charge is 0.405 e. The summed E-state index contributed by atoms with van der Waals surface area (Å²) in [7, 11) is 0. The van der Waals surface area contributed by atoms with Gasteiger partial charge in [0.05, 0.1) is 0 Å². The van der Waals surface area contributed by atoms with E-state index in [0.29, 0.717) is 0 Å². The molecule has 0 saturated heterocycles. The number of carbonyl (C=O) groups excluding carboxylic acids is 1. The number of hydrogen-bond donors (Lipinski definition) is 1. The Morgan fingerprint density at radius 1 is 1.40 bits per heavy atom. The van der Waals surface area contributed by atoms with Crippen LogP contribution in [0.4, 0.5) is 4.79 Å². The minimum atomic E-state index is -0.746. The Kier molecular flexibility index (Phi) is 3.74. The summed E-state index contributed by atoms with van der Waals surface area (Å²) in [6.45, 7) is 5.77. The molecule has 15 heavy (non-hydrogen) atoms. The van der Waals surface area contributed by atoms with Crippen molar-refractivity contribution in [3.63, 3.8) is 0 Å². The molecule has 0 saturated carbocycles. The van der Waals surface area contributed by atoms with Gasteiger partial charge in [-0.05, 0) is 49.6 Å². The van der Waals surface area contributed by atoms with Gasteiger partial charge in [0, 0.05) is 4.47 Å². The van der Waals surface area contributed by atoms with Crippen molar-refractivity contribution in [2.45, 2.75) is 26.9 Å². The number of primary amides is 1. The fraction of sp³-hybridized carbons (Fsp3) is 0.364. The maximum absolute atomic E-state index is 10.7. The summed E-state index contributed by atoms with van der Waals surface area (Å²) in [4.78, 5) is 10.7. The van der Waals surface area contributed by atoms with E-state index in [-0.39, 0.29) is 6.10 Å². The van der Waals surface area contributed by atoms with E-state index in [2.05, 4.69) is 15.9 Å². The van der Waals surface area contributed by atoms with E-state index in [1.165, 1.54) is 0 Å². The molecule has 2 N–H and O–H groups in total. The predicted octanol–water partition coefficient (Wildman–Crippen LogP) is 3.22. The highest BCUT2D eigenvalue weighted by molar-refractivity contribution is 9.10. The van der Waals surface area contributed by atoms with Gasteiger partial charge < -0.3 is 10.5 Å². The zero-order valence-corrected chi connectivity index (χ0v) is 10.6. The Hall–Kier alpha value is -1.03. The molecule has 1 atom stereocenters. The van der Waals surface area contributed by atoms with Crippen LogP contribution < -0.4 is 5.73 Å². The van der Waals surface area contributed by atoms with Crippen LogP contribution in [0.3, 0.4) is 0 Å². The monoisotopic (exact) mass is 271 g/mol. The molecule has 1 aromatic rings. The van der Waals surface area contributed by atoms with Gasteiger partial charge in [0.25, 0.3) is 0 Å². The molecule has 0 aromatic heterocycles. The Morgan fingerprint density at radius 2 is 1.87 bits per heavy atom. The lowest BCUT2D eigenvalue weighted by Crippen LogP contribution is -2.16. The molecule has 0 radical (unpaired) electrons. The van der Waals surface area contributed by atoms with Crippen molar-refractivity contribution < 1.29 is 9.53 Å². The van der Waals surface area contributed by atoms with Crippen molar-refractivity contribution >= 4 is 22.0 Å². The Bertz CT molecular complexity index is 367. The third-order valence-electron chi connectivity index (χ3n) is 2.26. The fourth-order valence-corrected chi connectivity index (χ4v) is 2.48. The lowest BCUT2D eigenvalue weighted by atomic mass is 9.99. The molecule has 1 unspecified atom stereocenters. The lowest BCUT2D eigenvalue weighted by Gasteiger charge is -2.17. The normalized spacial score (nSPS) is 12.3. The molecule has 4 heteroatoms. The van der Waals surface area contributed by atoms with E-state index in [4.69, 9.17) is 10.5 Å². The maximum atomic E-state index is 10.7. The number of aryl methyl sites for hydroxylation is 2. The van der Waals surface area contributed by atoms with Gasteiger partial charge in [0.1, 0.15) is 6.10 Å². The summed E-state index contributed by atoms with van der Waals surface area (Å²) in [6.07, 6.45) is -1.06. The van der Waals surface area contributed by atoms with Crippen molar-refractivity contribution in [1.29, 1.82) is 0 Å². The molecule has 0 spiro atoms. The van der Waals surface area contributed by atoms with Gasteiger partial charge in [-0.15, -0.1) is 0 Å². The quantitative estimate of drug-likeness (QED) is 0.898. The Morgan fingerprint density at radius 3 is 2.27 bits per heavy atom. The standard InChI is InChI=1S/C11H14BrNO2/c1-6-4-9(12)5-7(2)10(6)8(3)15-11(13)14/h4-5,8H,1-3H3,(H2,13,14). The van der Waals surface area contributed by atoms with Gasteiger partial charge in [0.2, 0.25) is 0 Å². The van der Waals surface area contributed by atoms with E-state index in [1.54, 1.807) is 0 Å². The number of rotatable bonds is 2. The van der Waals surface area contributed by atoms with E-state index in [0.717, 1.165) is 21.2 Å². The molecule has 82 valence electrons. The van der Waals surface area contributed by atoms with Crippen molar-refractivity contribution in [2.24, 2.45) is 5.73 Å². The first-order valence-corrected chi connectivity index (χ1v) is 5.44. The molecule has 0 heterocycles. The zero-order chi connectivity index (χ0) is 11.6. The van der Waals surface area contributed by atoms with Crippen molar-refractivity contribution in [1.82, 2.24) is 0 Å². The molecule has 3 nitrogen and oxygen atoms in total. The second kappa shape index (κ2) is 4.66. The molecule has 1 rings (SSSR count). The van der Waals surface area contributed by atoms with Crippen LogP contribution in [0.15, 0.2) is 16.6 Å². The molecule has 0 aliphatic heterocycles. The minimum Gasteiger partial charge on any atom is -0.442 e. The summed E-state index contributed by atoms with van der Waals surface area (Å²) in [5.74, 6) is 0. The summed E-state index contributed by atoms with van der Waals surface area (Å²) < 4.78 is 5.98. The predicted molar refractivity (Wildman–Crippen MR) is 62.7 cm³/mol. The van der Waals surface area contributed by atoms with Crippen molar-refractivity contribution in [3.8, 4) is 0 Å². The first-order valence-electron chi connectivity index (χ1n) is 4.64. The molecule has 0 bridgehead atoms. The van der Waals surface area contributed by atoms with Gasteiger partial charge in [-0.3, -0.25) is 0 Å². The fourth-order valence-electron chi connectivity index (χ4n) is 1.80. The molecule has 0 aliphatic rings. The van der Waals surface area contributed by atoms with Crippen LogP contribution in [0, 0.1) is 13.8 Å². The van der Waals surface area contributed by atoms with Crippen LogP contribution in [0.2, 0.25) is 0 Å². The average molecular weight is 272 g/mol. The largest absolute Gasteiger partial charge is 0.442 e. The second-order valence-corrected chi connectivity index (χ2v) is 4.45. The second-order valence-electron chi connectivity index (χ2n) is 3.53. The summed E-state index contributed by atoms with van der Waals surface area (Å²) in [6, 6.07) is 3.98. The van der Waals surface area contributed by atoms with Gasteiger partial charge in [-0.25, -0.2) is 4.79 Å². The average Bonchev–Trinajstić information content (AvgIpc) is 1.99. The number of halogens is 1. The van der Waals surface area contributed by atoms with E-state index in [9.17, 15) is 4.79 Å². The maximum Gasteiger partial charge on any atom is 0.405 e. The van der Waals surface area contributed by atoms with E-state index in [1.807, 2.05) is 32.9 Å².